The van der Waals surface area contributed by atoms with Crippen LogP contribution in [-0.4, -0.2) is 25.2 Å². The molecule has 0 aliphatic heterocycles. The Labute approximate surface area is 105 Å². The van der Waals surface area contributed by atoms with Gasteiger partial charge in [-0.05, 0) is 25.1 Å². The molecule has 0 radical (unpaired) electrons. The molecule has 92 valence electrons. The van der Waals surface area contributed by atoms with Crippen LogP contribution in [0.15, 0.2) is 42.9 Å². The summed E-state index contributed by atoms with van der Waals surface area (Å²) in [5, 5.41) is 4.25. The normalized spacial score (nSPS) is 13.0. The van der Waals surface area contributed by atoms with E-state index < -0.39 is 0 Å². The zero-order valence-corrected chi connectivity index (χ0v) is 10.2. The second-order valence-corrected chi connectivity index (χ2v) is 4.44. The standard InChI is InChI=1S/C13H15N5/c1-10(14)9-11-13(18-8-4-6-15-18)16-12-5-2-3-7-17(11)12/h2-8,10H,9,14H2,1H3. The Kier molecular flexibility index (Phi) is 2.60. The fourth-order valence-electron chi connectivity index (χ4n) is 2.11. The van der Waals surface area contributed by atoms with E-state index in [0.717, 1.165) is 23.6 Å². The number of rotatable bonds is 3. The SMILES string of the molecule is CC(N)Cc1c(-n2cccn2)nc2ccccn12. The molecule has 0 aliphatic carbocycles. The fraction of sp³-hybridized carbons (Fsp3) is 0.231. The summed E-state index contributed by atoms with van der Waals surface area (Å²) in [5.74, 6) is 0.850. The summed E-state index contributed by atoms with van der Waals surface area (Å²) in [6.07, 6.45) is 6.42. The molecule has 0 saturated carbocycles. The molecule has 0 spiro atoms. The van der Waals surface area contributed by atoms with Crippen molar-refractivity contribution in [3.63, 3.8) is 0 Å². The van der Waals surface area contributed by atoms with Gasteiger partial charge in [-0.1, -0.05) is 6.07 Å². The smallest absolute Gasteiger partial charge is 0.175 e. The first-order valence-corrected chi connectivity index (χ1v) is 5.97. The lowest BCUT2D eigenvalue weighted by Crippen LogP contribution is -2.20. The van der Waals surface area contributed by atoms with Crippen molar-refractivity contribution in [3.8, 4) is 5.82 Å². The molecular formula is C13H15N5. The van der Waals surface area contributed by atoms with Crippen molar-refractivity contribution in [1.29, 1.82) is 0 Å². The van der Waals surface area contributed by atoms with Crippen LogP contribution in [0.2, 0.25) is 0 Å². The first-order valence-electron chi connectivity index (χ1n) is 5.97. The number of nitrogens with two attached hydrogens (primary N) is 1. The van der Waals surface area contributed by atoms with Gasteiger partial charge in [-0.3, -0.25) is 0 Å². The van der Waals surface area contributed by atoms with Crippen molar-refractivity contribution in [2.24, 2.45) is 5.73 Å². The van der Waals surface area contributed by atoms with Crippen LogP contribution in [0.5, 0.6) is 0 Å². The van der Waals surface area contributed by atoms with E-state index >= 15 is 0 Å². The predicted molar refractivity (Wildman–Crippen MR) is 69.7 cm³/mol. The summed E-state index contributed by atoms with van der Waals surface area (Å²) < 4.78 is 3.85. The van der Waals surface area contributed by atoms with Gasteiger partial charge in [0.2, 0.25) is 0 Å². The van der Waals surface area contributed by atoms with E-state index in [0.29, 0.717) is 0 Å². The first-order chi connectivity index (χ1) is 8.75. The molecule has 3 rings (SSSR count). The highest BCUT2D eigenvalue weighted by Crippen LogP contribution is 2.17. The van der Waals surface area contributed by atoms with E-state index in [1.807, 2.05) is 43.6 Å². The second-order valence-electron chi connectivity index (χ2n) is 4.44. The van der Waals surface area contributed by atoms with E-state index in [-0.39, 0.29) is 6.04 Å². The lowest BCUT2D eigenvalue weighted by Gasteiger charge is -2.07. The Morgan fingerprint density at radius 3 is 2.89 bits per heavy atom. The third-order valence-corrected chi connectivity index (χ3v) is 2.84. The largest absolute Gasteiger partial charge is 0.328 e. The minimum atomic E-state index is 0.0828. The maximum atomic E-state index is 5.93. The zero-order chi connectivity index (χ0) is 12.5. The van der Waals surface area contributed by atoms with Crippen molar-refractivity contribution >= 4 is 5.65 Å². The average Bonchev–Trinajstić information content (AvgIpc) is 2.96. The van der Waals surface area contributed by atoms with Gasteiger partial charge in [0.15, 0.2) is 5.82 Å². The summed E-state index contributed by atoms with van der Waals surface area (Å²) in [6, 6.07) is 7.92. The molecule has 1 atom stereocenters. The van der Waals surface area contributed by atoms with Crippen molar-refractivity contribution in [1.82, 2.24) is 19.2 Å². The molecule has 3 heterocycles. The van der Waals surface area contributed by atoms with Crippen molar-refractivity contribution in [3.05, 3.63) is 48.5 Å². The summed E-state index contributed by atoms with van der Waals surface area (Å²) >= 11 is 0. The van der Waals surface area contributed by atoms with Crippen molar-refractivity contribution < 1.29 is 0 Å². The number of aromatic nitrogens is 4. The molecule has 0 saturated heterocycles. The zero-order valence-electron chi connectivity index (χ0n) is 10.2. The van der Waals surface area contributed by atoms with E-state index in [2.05, 4.69) is 14.5 Å². The van der Waals surface area contributed by atoms with Gasteiger partial charge in [-0.2, -0.15) is 5.10 Å². The van der Waals surface area contributed by atoms with Crippen LogP contribution in [0.25, 0.3) is 11.5 Å². The van der Waals surface area contributed by atoms with Gasteiger partial charge in [-0.25, -0.2) is 9.67 Å². The third kappa shape index (κ3) is 1.78. The van der Waals surface area contributed by atoms with Gasteiger partial charge in [0.25, 0.3) is 0 Å². The minimum Gasteiger partial charge on any atom is -0.328 e. The summed E-state index contributed by atoms with van der Waals surface area (Å²) in [5.41, 5.74) is 7.93. The Bertz CT molecular complexity index is 651. The highest BCUT2D eigenvalue weighted by Gasteiger charge is 2.14. The van der Waals surface area contributed by atoms with Gasteiger partial charge in [0.05, 0.1) is 5.69 Å². The van der Waals surface area contributed by atoms with Crippen LogP contribution < -0.4 is 5.73 Å². The Morgan fingerprint density at radius 2 is 2.17 bits per heavy atom. The van der Waals surface area contributed by atoms with Crippen molar-refractivity contribution in [2.75, 3.05) is 0 Å². The molecule has 3 aromatic heterocycles. The van der Waals surface area contributed by atoms with E-state index in [1.165, 1.54) is 0 Å². The molecule has 18 heavy (non-hydrogen) atoms. The fourth-order valence-corrected chi connectivity index (χ4v) is 2.11. The monoisotopic (exact) mass is 241 g/mol. The number of pyridine rings is 1. The van der Waals surface area contributed by atoms with Crippen LogP contribution in [0.1, 0.15) is 12.6 Å². The third-order valence-electron chi connectivity index (χ3n) is 2.84. The molecule has 0 bridgehead atoms. The number of nitrogens with zero attached hydrogens (tertiary/aromatic N) is 4. The molecule has 3 aromatic rings. The summed E-state index contributed by atoms with van der Waals surface area (Å²) in [6.45, 7) is 2.00. The van der Waals surface area contributed by atoms with Crippen LogP contribution >= 0.6 is 0 Å². The highest BCUT2D eigenvalue weighted by atomic mass is 15.3. The molecule has 1 unspecified atom stereocenters. The molecule has 0 amide bonds. The average molecular weight is 241 g/mol. The highest BCUT2D eigenvalue weighted by molar-refractivity contribution is 5.48. The van der Waals surface area contributed by atoms with E-state index in [4.69, 9.17) is 5.73 Å². The van der Waals surface area contributed by atoms with E-state index in [9.17, 15) is 0 Å². The van der Waals surface area contributed by atoms with Crippen LogP contribution in [0.3, 0.4) is 0 Å². The second kappa shape index (κ2) is 4.27. The summed E-state index contributed by atoms with van der Waals surface area (Å²) in [7, 11) is 0. The number of hydrogen-bond acceptors (Lipinski definition) is 3. The lowest BCUT2D eigenvalue weighted by atomic mass is 10.2. The van der Waals surface area contributed by atoms with Gasteiger partial charge in [0.1, 0.15) is 5.65 Å². The number of fused-ring (bicyclic) bond motifs is 1. The molecule has 0 fully saturated rings. The maximum absolute atomic E-state index is 5.93. The molecule has 5 heteroatoms. The molecule has 5 nitrogen and oxygen atoms in total. The molecule has 0 aromatic carbocycles. The quantitative estimate of drug-likeness (QED) is 0.754. The lowest BCUT2D eigenvalue weighted by molar-refractivity contribution is 0.705. The van der Waals surface area contributed by atoms with Gasteiger partial charge >= 0.3 is 0 Å². The number of hydrogen-bond donors (Lipinski definition) is 1. The van der Waals surface area contributed by atoms with Gasteiger partial charge < -0.3 is 10.1 Å². The topological polar surface area (TPSA) is 61.1 Å². The molecular weight excluding hydrogens is 226 g/mol. The van der Waals surface area contributed by atoms with Crippen molar-refractivity contribution in [2.45, 2.75) is 19.4 Å². The molecule has 0 aliphatic rings. The summed E-state index contributed by atoms with van der Waals surface area (Å²) in [4.78, 5) is 4.62. The van der Waals surface area contributed by atoms with Crippen LogP contribution in [0.4, 0.5) is 0 Å². The Balaban J connectivity index is 2.23. The number of imidazole rings is 1. The van der Waals surface area contributed by atoms with Crippen LogP contribution in [0, 0.1) is 0 Å². The first kappa shape index (κ1) is 11.0. The maximum Gasteiger partial charge on any atom is 0.175 e. The minimum absolute atomic E-state index is 0.0828. The predicted octanol–water partition coefficient (Wildman–Crippen LogP) is 1.41. The van der Waals surface area contributed by atoms with Gasteiger partial charge in [0, 0.05) is 31.1 Å². The van der Waals surface area contributed by atoms with E-state index in [1.54, 1.807) is 10.9 Å². The Morgan fingerprint density at radius 1 is 1.28 bits per heavy atom. The Hall–Kier alpha value is -2.14. The van der Waals surface area contributed by atoms with Crippen LogP contribution in [-0.2, 0) is 6.42 Å². The molecule has 2 N–H and O–H groups in total. The van der Waals surface area contributed by atoms with Gasteiger partial charge in [-0.15, -0.1) is 0 Å².